The van der Waals surface area contributed by atoms with E-state index in [9.17, 15) is 0 Å². The van der Waals surface area contributed by atoms with Crippen LogP contribution in [0.25, 0.3) is 0 Å². The van der Waals surface area contributed by atoms with E-state index in [1.165, 1.54) is 22.5 Å². The first-order valence-corrected chi connectivity index (χ1v) is 7.43. The quantitative estimate of drug-likeness (QED) is 0.899. The molecule has 0 radical (unpaired) electrons. The lowest BCUT2D eigenvalue weighted by Gasteiger charge is -2.14. The fourth-order valence-corrected chi connectivity index (χ4v) is 2.95. The molecule has 3 nitrogen and oxygen atoms in total. The van der Waals surface area contributed by atoms with Gasteiger partial charge in [0.1, 0.15) is 5.75 Å². The molecule has 1 aromatic heterocycles. The summed E-state index contributed by atoms with van der Waals surface area (Å²) in [5.74, 6) is 0.863. The van der Waals surface area contributed by atoms with Crippen molar-refractivity contribution in [2.45, 2.75) is 27.3 Å². The molecule has 2 rings (SSSR count). The van der Waals surface area contributed by atoms with Gasteiger partial charge in [-0.15, -0.1) is 0 Å². The van der Waals surface area contributed by atoms with Crippen molar-refractivity contribution in [1.29, 1.82) is 0 Å². The third kappa shape index (κ3) is 2.85. The van der Waals surface area contributed by atoms with Crippen molar-refractivity contribution in [2.24, 2.45) is 7.05 Å². The van der Waals surface area contributed by atoms with Gasteiger partial charge in [-0.25, -0.2) is 0 Å². The SMILES string of the molecule is COc1cc(Br)cc(C)c1NCc1cc(C)n(C)c1C. The average Bonchev–Trinajstić information content (AvgIpc) is 2.64. The van der Waals surface area contributed by atoms with Gasteiger partial charge in [0.25, 0.3) is 0 Å². The van der Waals surface area contributed by atoms with E-state index >= 15 is 0 Å². The molecule has 20 heavy (non-hydrogen) atoms. The van der Waals surface area contributed by atoms with E-state index in [4.69, 9.17) is 4.74 Å². The highest BCUT2D eigenvalue weighted by Gasteiger charge is 2.10. The van der Waals surface area contributed by atoms with E-state index in [2.05, 4.69) is 65.8 Å². The highest BCUT2D eigenvalue weighted by atomic mass is 79.9. The smallest absolute Gasteiger partial charge is 0.143 e. The maximum Gasteiger partial charge on any atom is 0.143 e. The van der Waals surface area contributed by atoms with Gasteiger partial charge in [0.05, 0.1) is 12.8 Å². The number of hydrogen-bond acceptors (Lipinski definition) is 2. The number of rotatable bonds is 4. The first-order chi connectivity index (χ1) is 9.43. The summed E-state index contributed by atoms with van der Waals surface area (Å²) in [6.07, 6.45) is 0. The second-order valence-corrected chi connectivity index (χ2v) is 6.02. The van der Waals surface area contributed by atoms with E-state index in [0.29, 0.717) is 0 Å². The molecule has 0 amide bonds. The van der Waals surface area contributed by atoms with Crippen LogP contribution in [0.5, 0.6) is 5.75 Å². The molecule has 1 aromatic carbocycles. The number of benzene rings is 1. The molecule has 0 saturated heterocycles. The molecule has 0 spiro atoms. The van der Waals surface area contributed by atoms with Crippen LogP contribution < -0.4 is 10.1 Å². The van der Waals surface area contributed by atoms with E-state index < -0.39 is 0 Å². The van der Waals surface area contributed by atoms with E-state index in [-0.39, 0.29) is 0 Å². The lowest BCUT2D eigenvalue weighted by atomic mass is 10.1. The van der Waals surface area contributed by atoms with Gasteiger partial charge in [0, 0.05) is 29.5 Å². The van der Waals surface area contributed by atoms with Crippen LogP contribution in [0.15, 0.2) is 22.7 Å². The molecule has 108 valence electrons. The standard InChI is InChI=1S/C16H21BrN2O/c1-10-6-14(17)8-15(20-5)16(10)18-9-13-7-11(2)19(4)12(13)3/h6-8,18H,9H2,1-5H3. The van der Waals surface area contributed by atoms with Crippen LogP contribution in [0.4, 0.5) is 5.69 Å². The molecule has 1 N–H and O–H groups in total. The number of nitrogens with zero attached hydrogens (tertiary/aromatic N) is 1. The molecule has 0 atom stereocenters. The van der Waals surface area contributed by atoms with Crippen molar-refractivity contribution in [3.05, 3.63) is 45.2 Å². The highest BCUT2D eigenvalue weighted by Crippen LogP contribution is 2.32. The predicted molar refractivity (Wildman–Crippen MR) is 87.6 cm³/mol. The van der Waals surface area contributed by atoms with Crippen LogP contribution in [-0.4, -0.2) is 11.7 Å². The summed E-state index contributed by atoms with van der Waals surface area (Å²) >= 11 is 3.50. The summed E-state index contributed by atoms with van der Waals surface area (Å²) < 4.78 is 8.70. The zero-order chi connectivity index (χ0) is 14.9. The Morgan fingerprint density at radius 2 is 1.90 bits per heavy atom. The van der Waals surface area contributed by atoms with Gasteiger partial charge in [-0.2, -0.15) is 0 Å². The van der Waals surface area contributed by atoms with Crippen molar-refractivity contribution < 1.29 is 4.74 Å². The number of aromatic nitrogens is 1. The van der Waals surface area contributed by atoms with Crippen LogP contribution in [0.3, 0.4) is 0 Å². The highest BCUT2D eigenvalue weighted by molar-refractivity contribution is 9.10. The normalized spacial score (nSPS) is 10.7. The van der Waals surface area contributed by atoms with E-state index in [1.807, 2.05) is 6.07 Å². The number of methoxy groups -OCH3 is 1. The molecule has 4 heteroatoms. The number of anilines is 1. The van der Waals surface area contributed by atoms with E-state index in [1.54, 1.807) is 7.11 Å². The van der Waals surface area contributed by atoms with Crippen molar-refractivity contribution in [3.8, 4) is 5.75 Å². The van der Waals surface area contributed by atoms with E-state index in [0.717, 1.165) is 22.5 Å². The summed E-state index contributed by atoms with van der Waals surface area (Å²) in [4.78, 5) is 0. The molecule has 0 bridgehead atoms. The zero-order valence-corrected chi connectivity index (χ0v) is 14.3. The minimum absolute atomic E-state index is 0.798. The van der Waals surface area contributed by atoms with Crippen LogP contribution >= 0.6 is 15.9 Å². The Labute approximate surface area is 129 Å². The van der Waals surface area contributed by atoms with Crippen LogP contribution in [0, 0.1) is 20.8 Å². The largest absolute Gasteiger partial charge is 0.495 e. The molecule has 0 unspecified atom stereocenters. The van der Waals surface area contributed by atoms with Gasteiger partial charge < -0.3 is 14.6 Å². The molecule has 0 fully saturated rings. The second kappa shape index (κ2) is 5.92. The van der Waals surface area contributed by atoms with Gasteiger partial charge in [-0.05, 0) is 50.1 Å². The Morgan fingerprint density at radius 1 is 1.20 bits per heavy atom. The van der Waals surface area contributed by atoms with Crippen LogP contribution in [0.2, 0.25) is 0 Å². The second-order valence-electron chi connectivity index (χ2n) is 5.11. The van der Waals surface area contributed by atoms with Crippen molar-refractivity contribution in [3.63, 3.8) is 0 Å². The zero-order valence-electron chi connectivity index (χ0n) is 12.7. The van der Waals surface area contributed by atoms with Gasteiger partial charge >= 0.3 is 0 Å². The molecule has 0 aliphatic rings. The molecule has 1 heterocycles. The fourth-order valence-electron chi connectivity index (χ4n) is 2.40. The monoisotopic (exact) mass is 336 g/mol. The summed E-state index contributed by atoms with van der Waals surface area (Å²) in [7, 11) is 3.80. The Balaban J connectivity index is 2.25. The minimum Gasteiger partial charge on any atom is -0.495 e. The maximum absolute atomic E-state index is 5.46. The van der Waals surface area contributed by atoms with Gasteiger partial charge in [0.2, 0.25) is 0 Å². The topological polar surface area (TPSA) is 26.2 Å². The lowest BCUT2D eigenvalue weighted by Crippen LogP contribution is -2.04. The number of aryl methyl sites for hydroxylation is 2. The average molecular weight is 337 g/mol. The Hall–Kier alpha value is -1.42. The van der Waals surface area contributed by atoms with Crippen molar-refractivity contribution in [1.82, 2.24) is 4.57 Å². The Kier molecular flexibility index (Phi) is 4.43. The van der Waals surface area contributed by atoms with Crippen LogP contribution in [0.1, 0.15) is 22.5 Å². The number of halogens is 1. The summed E-state index contributed by atoms with van der Waals surface area (Å²) in [6, 6.07) is 6.30. The molecule has 0 aliphatic heterocycles. The Morgan fingerprint density at radius 3 is 2.45 bits per heavy atom. The van der Waals surface area contributed by atoms with Crippen molar-refractivity contribution >= 4 is 21.6 Å². The van der Waals surface area contributed by atoms with Gasteiger partial charge in [0.15, 0.2) is 0 Å². The molecular formula is C16H21BrN2O. The summed E-state index contributed by atoms with van der Waals surface area (Å²) in [5, 5.41) is 3.50. The fraction of sp³-hybridized carbons (Fsp3) is 0.375. The predicted octanol–water partition coefficient (Wildman–Crippen LogP) is 4.33. The molecule has 0 saturated carbocycles. The third-order valence-electron chi connectivity index (χ3n) is 3.82. The number of nitrogens with one attached hydrogen (secondary N) is 1. The third-order valence-corrected chi connectivity index (χ3v) is 4.28. The number of hydrogen-bond donors (Lipinski definition) is 1. The van der Waals surface area contributed by atoms with Gasteiger partial charge in [-0.3, -0.25) is 0 Å². The Bertz CT molecular complexity index is 632. The number of ether oxygens (including phenoxy) is 1. The lowest BCUT2D eigenvalue weighted by molar-refractivity contribution is 0.416. The molecular weight excluding hydrogens is 316 g/mol. The maximum atomic E-state index is 5.46. The van der Waals surface area contributed by atoms with Crippen LogP contribution in [-0.2, 0) is 13.6 Å². The summed E-state index contributed by atoms with van der Waals surface area (Å²) in [6.45, 7) is 7.16. The first-order valence-electron chi connectivity index (χ1n) is 6.63. The molecule has 2 aromatic rings. The van der Waals surface area contributed by atoms with Crippen molar-refractivity contribution in [2.75, 3.05) is 12.4 Å². The molecule has 0 aliphatic carbocycles. The summed E-state index contributed by atoms with van der Waals surface area (Å²) in [5.41, 5.74) is 6.11. The minimum atomic E-state index is 0.798. The first kappa shape index (κ1) is 15.0. The van der Waals surface area contributed by atoms with Gasteiger partial charge in [-0.1, -0.05) is 15.9 Å².